The van der Waals surface area contributed by atoms with Crippen LogP contribution >= 0.6 is 22.9 Å². The van der Waals surface area contributed by atoms with Crippen LogP contribution in [0.4, 0.5) is 4.79 Å². The van der Waals surface area contributed by atoms with Gasteiger partial charge in [-0.05, 0) is 24.8 Å². The summed E-state index contributed by atoms with van der Waals surface area (Å²) < 4.78 is 5.27. The topological polar surface area (TPSA) is 88.6 Å². The van der Waals surface area contributed by atoms with Crippen LogP contribution in [-0.2, 0) is 20.9 Å². The van der Waals surface area contributed by atoms with Crippen molar-refractivity contribution < 1.29 is 19.1 Å². The Kier molecular flexibility index (Phi) is 5.79. The number of nitrogens with zero attached hydrogens (tertiary/aromatic N) is 2. The fourth-order valence-electron chi connectivity index (χ4n) is 4.10. The highest BCUT2D eigenvalue weighted by Crippen LogP contribution is 2.38. The zero-order valence-corrected chi connectivity index (χ0v) is 18.1. The first kappa shape index (κ1) is 20.8. The van der Waals surface area contributed by atoms with E-state index >= 15 is 0 Å². The molecule has 0 bridgehead atoms. The van der Waals surface area contributed by atoms with Crippen LogP contribution in [-0.4, -0.2) is 39.9 Å². The van der Waals surface area contributed by atoms with Gasteiger partial charge in [0.1, 0.15) is 23.7 Å². The minimum atomic E-state index is -0.881. The third-order valence-corrected chi connectivity index (χ3v) is 7.08. The number of rotatable bonds is 5. The molecule has 1 aliphatic heterocycles. The number of esters is 1. The average Bonchev–Trinajstić information content (AvgIpc) is 3.28. The first-order valence-corrected chi connectivity index (χ1v) is 11.2. The number of urea groups is 1. The van der Waals surface area contributed by atoms with Crippen LogP contribution in [0.5, 0.6) is 0 Å². The summed E-state index contributed by atoms with van der Waals surface area (Å²) >= 11 is 7.60. The van der Waals surface area contributed by atoms with Gasteiger partial charge in [0.15, 0.2) is 0 Å². The van der Waals surface area contributed by atoms with E-state index in [1.165, 1.54) is 11.3 Å². The van der Waals surface area contributed by atoms with E-state index in [0.717, 1.165) is 34.7 Å². The van der Waals surface area contributed by atoms with Gasteiger partial charge < -0.3 is 10.1 Å². The van der Waals surface area contributed by atoms with Crippen LogP contribution in [0, 0.1) is 5.92 Å². The van der Waals surface area contributed by atoms with Crippen molar-refractivity contribution in [1.82, 2.24) is 15.2 Å². The Balaban J connectivity index is 1.36. The maximum Gasteiger partial charge on any atom is 0.326 e. The van der Waals surface area contributed by atoms with Gasteiger partial charge in [-0.3, -0.25) is 14.5 Å². The maximum absolute atomic E-state index is 12.9. The summed E-state index contributed by atoms with van der Waals surface area (Å²) in [6, 6.07) is 6.85. The molecule has 2 heterocycles. The van der Waals surface area contributed by atoms with Crippen molar-refractivity contribution in [2.75, 3.05) is 6.54 Å². The summed E-state index contributed by atoms with van der Waals surface area (Å²) in [5, 5.41) is 5.95. The molecular formula is C21H22ClN3O4S. The summed E-state index contributed by atoms with van der Waals surface area (Å²) in [6.45, 7) is 1.53. The lowest BCUT2D eigenvalue weighted by Gasteiger charge is -2.36. The maximum atomic E-state index is 12.9. The van der Waals surface area contributed by atoms with Gasteiger partial charge in [-0.1, -0.05) is 49.6 Å². The summed E-state index contributed by atoms with van der Waals surface area (Å²) in [6.07, 6.45) is 3.40. The number of hydrogen-bond acceptors (Lipinski definition) is 6. The summed E-state index contributed by atoms with van der Waals surface area (Å²) in [4.78, 5) is 43.0. The highest BCUT2D eigenvalue weighted by molar-refractivity contribution is 7.13. The van der Waals surface area contributed by atoms with Crippen LogP contribution < -0.4 is 5.32 Å². The average molecular weight is 448 g/mol. The molecule has 4 rings (SSSR count). The molecule has 9 heteroatoms. The summed E-state index contributed by atoms with van der Waals surface area (Å²) in [7, 11) is 0. The van der Waals surface area contributed by atoms with E-state index in [9.17, 15) is 14.4 Å². The van der Waals surface area contributed by atoms with Gasteiger partial charge in [0.25, 0.3) is 5.91 Å². The first-order chi connectivity index (χ1) is 14.4. The molecular weight excluding hydrogens is 426 g/mol. The second kappa shape index (κ2) is 8.35. The number of benzene rings is 1. The minimum absolute atomic E-state index is 0.0367. The van der Waals surface area contributed by atoms with Crippen LogP contribution in [0.2, 0.25) is 5.02 Å². The summed E-state index contributed by atoms with van der Waals surface area (Å²) in [5.74, 6) is -0.931. The smallest absolute Gasteiger partial charge is 0.326 e. The van der Waals surface area contributed by atoms with Gasteiger partial charge in [-0.15, -0.1) is 11.3 Å². The number of imide groups is 1. The van der Waals surface area contributed by atoms with Gasteiger partial charge in [-0.2, -0.15) is 0 Å². The van der Waals surface area contributed by atoms with Gasteiger partial charge in [0.05, 0.1) is 10.7 Å². The van der Waals surface area contributed by atoms with Crippen LogP contribution in [0.15, 0.2) is 29.6 Å². The molecule has 1 saturated carbocycles. The Hall–Kier alpha value is -2.45. The number of hydrogen-bond donors (Lipinski definition) is 1. The third kappa shape index (κ3) is 3.81. The third-order valence-electron chi connectivity index (χ3n) is 5.83. The highest BCUT2D eigenvalue weighted by Gasteiger charge is 2.55. The van der Waals surface area contributed by atoms with Gasteiger partial charge in [0.2, 0.25) is 0 Å². The molecule has 1 N–H and O–H groups in total. The molecule has 2 aromatic rings. The highest BCUT2D eigenvalue weighted by atomic mass is 35.5. The molecule has 158 valence electrons. The molecule has 1 aliphatic carbocycles. The molecule has 0 unspecified atom stereocenters. The molecule has 3 amide bonds. The van der Waals surface area contributed by atoms with E-state index in [-0.39, 0.29) is 18.4 Å². The molecule has 1 spiro atoms. The Labute approximate surface area is 183 Å². The molecule has 1 aromatic heterocycles. The number of amides is 3. The summed E-state index contributed by atoms with van der Waals surface area (Å²) in [5.41, 5.74) is 0.514. The molecule has 2 atom stereocenters. The lowest BCUT2D eigenvalue weighted by molar-refractivity contribution is -0.149. The SMILES string of the molecule is C[C@H]1CCCC[C@]12NC(=O)N(CC(=O)OCc1csc(-c3ccccc3Cl)n1)C2=O. The van der Waals surface area contributed by atoms with Gasteiger partial charge >= 0.3 is 12.0 Å². The number of nitrogens with one attached hydrogen (secondary N) is 1. The van der Waals surface area contributed by atoms with Crippen LogP contribution in [0.1, 0.15) is 38.3 Å². The number of thiazole rings is 1. The van der Waals surface area contributed by atoms with Crippen molar-refractivity contribution in [2.24, 2.45) is 5.92 Å². The monoisotopic (exact) mass is 447 g/mol. The van der Waals surface area contributed by atoms with Crippen molar-refractivity contribution in [3.8, 4) is 10.6 Å². The fourth-order valence-corrected chi connectivity index (χ4v) is 5.22. The molecule has 7 nitrogen and oxygen atoms in total. The van der Waals surface area contributed by atoms with E-state index in [1.807, 2.05) is 25.1 Å². The second-order valence-corrected chi connectivity index (χ2v) is 8.99. The zero-order valence-electron chi connectivity index (χ0n) is 16.5. The molecule has 30 heavy (non-hydrogen) atoms. The van der Waals surface area contributed by atoms with Crippen LogP contribution in [0.3, 0.4) is 0 Å². The molecule has 2 aliphatic rings. The lowest BCUT2D eigenvalue weighted by atomic mass is 9.73. The van der Waals surface area contributed by atoms with Crippen molar-refractivity contribution in [3.63, 3.8) is 0 Å². The number of ether oxygens (including phenoxy) is 1. The Morgan fingerprint density at radius 3 is 2.93 bits per heavy atom. The van der Waals surface area contributed by atoms with E-state index in [1.54, 1.807) is 11.4 Å². The van der Waals surface area contributed by atoms with Crippen LogP contribution in [0.25, 0.3) is 10.6 Å². The number of carbonyl (C=O) groups is 3. The van der Waals surface area contributed by atoms with Crippen molar-refractivity contribution >= 4 is 40.8 Å². The zero-order chi connectivity index (χ0) is 21.3. The molecule has 1 saturated heterocycles. The normalized spacial score (nSPS) is 23.7. The molecule has 0 radical (unpaired) electrons. The van der Waals surface area contributed by atoms with Crippen molar-refractivity contribution in [1.29, 1.82) is 0 Å². The van der Waals surface area contributed by atoms with Gasteiger partial charge in [0, 0.05) is 10.9 Å². The Morgan fingerprint density at radius 1 is 1.37 bits per heavy atom. The number of carbonyl (C=O) groups excluding carboxylic acids is 3. The molecule has 2 fully saturated rings. The van der Waals surface area contributed by atoms with Crippen molar-refractivity contribution in [3.05, 3.63) is 40.4 Å². The first-order valence-electron chi connectivity index (χ1n) is 9.90. The Morgan fingerprint density at radius 2 is 2.17 bits per heavy atom. The standard InChI is InChI=1S/C21H22ClN3O4S/c1-13-6-4-5-9-21(13)19(27)25(20(28)24-21)10-17(26)29-11-14-12-30-18(23-14)15-7-2-3-8-16(15)22/h2-3,7-8,12-13H,4-6,9-11H2,1H3,(H,24,28)/t13-,21-/m0/s1. The molecule has 1 aromatic carbocycles. The fraction of sp³-hybridized carbons (Fsp3) is 0.429. The van der Waals surface area contributed by atoms with E-state index in [4.69, 9.17) is 16.3 Å². The van der Waals surface area contributed by atoms with E-state index in [2.05, 4.69) is 10.3 Å². The van der Waals surface area contributed by atoms with Crippen molar-refractivity contribution in [2.45, 2.75) is 44.8 Å². The van der Waals surface area contributed by atoms with E-state index in [0.29, 0.717) is 17.1 Å². The predicted octanol–water partition coefficient (Wildman–Crippen LogP) is 4.01. The predicted molar refractivity (Wildman–Crippen MR) is 113 cm³/mol. The lowest BCUT2D eigenvalue weighted by Crippen LogP contribution is -2.54. The second-order valence-electron chi connectivity index (χ2n) is 7.72. The number of aromatic nitrogens is 1. The quantitative estimate of drug-likeness (QED) is 0.552. The largest absolute Gasteiger partial charge is 0.458 e. The van der Waals surface area contributed by atoms with E-state index < -0.39 is 24.1 Å². The Bertz CT molecular complexity index is 994. The number of halogens is 1. The van der Waals surface area contributed by atoms with Gasteiger partial charge in [-0.25, -0.2) is 9.78 Å². The minimum Gasteiger partial charge on any atom is -0.458 e.